The molecule has 1 amide bonds. The standard InChI is InChI=1S/C20H22N4O3S2/c1-12(2)24-19(26)15(29-20(24)28)10-14-17(21-11-13-6-5-9-27-13)22-16-7-3-4-8-23(16)18(14)25/h3-4,7-8,10,12-13,21H,5-6,9,11H2,1-2H3/b15-10-/t13-/m0/s1. The molecule has 0 spiro atoms. The van der Waals surface area contributed by atoms with E-state index in [2.05, 4.69) is 10.3 Å². The van der Waals surface area contributed by atoms with Crippen LogP contribution in [-0.2, 0) is 9.53 Å². The van der Waals surface area contributed by atoms with Gasteiger partial charge in [-0.25, -0.2) is 4.98 Å². The zero-order valence-corrected chi connectivity index (χ0v) is 17.9. The molecule has 2 aromatic heterocycles. The molecule has 0 saturated carbocycles. The Balaban J connectivity index is 1.76. The summed E-state index contributed by atoms with van der Waals surface area (Å²) in [6.07, 6.45) is 5.38. The Morgan fingerprint density at radius 3 is 2.93 bits per heavy atom. The second kappa shape index (κ2) is 8.25. The summed E-state index contributed by atoms with van der Waals surface area (Å²) in [5.74, 6) is 0.268. The molecule has 7 nitrogen and oxygen atoms in total. The molecule has 0 aliphatic carbocycles. The van der Waals surface area contributed by atoms with Gasteiger partial charge in [0.15, 0.2) is 0 Å². The Bertz CT molecular complexity index is 1060. The first-order chi connectivity index (χ1) is 14.0. The van der Waals surface area contributed by atoms with Crippen molar-refractivity contribution in [3.05, 3.63) is 45.2 Å². The van der Waals surface area contributed by atoms with Crippen molar-refractivity contribution in [3.63, 3.8) is 0 Å². The van der Waals surface area contributed by atoms with Gasteiger partial charge in [-0.05, 0) is 44.9 Å². The molecule has 4 rings (SSSR count). The summed E-state index contributed by atoms with van der Waals surface area (Å²) >= 11 is 6.56. The van der Waals surface area contributed by atoms with Crippen molar-refractivity contribution in [1.82, 2.24) is 14.3 Å². The van der Waals surface area contributed by atoms with Gasteiger partial charge in [0.25, 0.3) is 11.5 Å². The van der Waals surface area contributed by atoms with Crippen molar-refractivity contribution in [2.45, 2.75) is 38.8 Å². The SMILES string of the molecule is CC(C)N1C(=O)/C(=C/c2c(NC[C@@H]3CCCO3)nc3ccccn3c2=O)SC1=S. The van der Waals surface area contributed by atoms with Gasteiger partial charge in [0.05, 0.1) is 16.6 Å². The summed E-state index contributed by atoms with van der Waals surface area (Å²) in [5.41, 5.74) is 0.649. The maximum absolute atomic E-state index is 13.2. The minimum atomic E-state index is -0.236. The monoisotopic (exact) mass is 430 g/mol. The molecule has 2 saturated heterocycles. The molecule has 4 heterocycles. The number of ether oxygens (including phenoxy) is 1. The van der Waals surface area contributed by atoms with Gasteiger partial charge in [0, 0.05) is 25.4 Å². The van der Waals surface area contributed by atoms with Crippen LogP contribution < -0.4 is 10.9 Å². The Kier molecular flexibility index (Phi) is 5.71. The number of carbonyl (C=O) groups excluding carboxylic acids is 1. The van der Waals surface area contributed by atoms with E-state index in [0.717, 1.165) is 19.4 Å². The molecule has 152 valence electrons. The first-order valence-electron chi connectivity index (χ1n) is 9.59. The van der Waals surface area contributed by atoms with E-state index in [-0.39, 0.29) is 23.6 Å². The topological polar surface area (TPSA) is 75.9 Å². The second-order valence-corrected chi connectivity index (χ2v) is 8.95. The minimum absolute atomic E-state index is 0.0404. The maximum atomic E-state index is 13.2. The summed E-state index contributed by atoms with van der Waals surface area (Å²) in [4.78, 5) is 32.6. The average molecular weight is 431 g/mol. The molecule has 1 atom stereocenters. The number of amides is 1. The third-order valence-corrected chi connectivity index (χ3v) is 6.24. The first-order valence-corrected chi connectivity index (χ1v) is 10.8. The Labute approximate surface area is 178 Å². The number of thiocarbonyl (C=S) groups is 1. The fourth-order valence-electron chi connectivity index (χ4n) is 3.44. The van der Waals surface area contributed by atoms with Crippen LogP contribution in [-0.4, -0.2) is 49.8 Å². The van der Waals surface area contributed by atoms with Crippen LogP contribution in [0.4, 0.5) is 5.82 Å². The van der Waals surface area contributed by atoms with E-state index in [1.54, 1.807) is 29.3 Å². The predicted octanol–water partition coefficient (Wildman–Crippen LogP) is 2.90. The van der Waals surface area contributed by atoms with Crippen molar-refractivity contribution in [3.8, 4) is 0 Å². The number of anilines is 1. The second-order valence-electron chi connectivity index (χ2n) is 7.27. The number of rotatable bonds is 5. The number of nitrogens with one attached hydrogen (secondary N) is 1. The lowest BCUT2D eigenvalue weighted by Gasteiger charge is -2.18. The van der Waals surface area contributed by atoms with E-state index in [0.29, 0.717) is 32.8 Å². The normalized spacial score (nSPS) is 21.1. The molecule has 1 N–H and O–H groups in total. The third-order valence-electron chi connectivity index (χ3n) is 4.91. The highest BCUT2D eigenvalue weighted by Crippen LogP contribution is 2.34. The quantitative estimate of drug-likeness (QED) is 0.577. The number of pyridine rings is 1. The van der Waals surface area contributed by atoms with Gasteiger partial charge in [-0.2, -0.15) is 0 Å². The van der Waals surface area contributed by atoms with E-state index in [4.69, 9.17) is 17.0 Å². The van der Waals surface area contributed by atoms with Gasteiger partial charge >= 0.3 is 0 Å². The average Bonchev–Trinajstić information content (AvgIpc) is 3.30. The van der Waals surface area contributed by atoms with Crippen LogP contribution in [0.25, 0.3) is 11.7 Å². The van der Waals surface area contributed by atoms with E-state index in [1.807, 2.05) is 19.9 Å². The fourth-order valence-corrected chi connectivity index (χ4v) is 4.95. The number of hydrogen-bond donors (Lipinski definition) is 1. The highest BCUT2D eigenvalue weighted by molar-refractivity contribution is 8.26. The molecular weight excluding hydrogens is 408 g/mol. The number of aromatic nitrogens is 2. The summed E-state index contributed by atoms with van der Waals surface area (Å²) in [5, 5.41) is 3.26. The Morgan fingerprint density at radius 1 is 1.41 bits per heavy atom. The van der Waals surface area contributed by atoms with E-state index < -0.39 is 0 Å². The molecule has 9 heteroatoms. The zero-order valence-electron chi connectivity index (χ0n) is 16.3. The van der Waals surface area contributed by atoms with Gasteiger partial charge in [-0.1, -0.05) is 30.0 Å². The van der Waals surface area contributed by atoms with Crippen LogP contribution in [0, 0.1) is 0 Å². The van der Waals surface area contributed by atoms with Crippen molar-refractivity contribution in [2.24, 2.45) is 0 Å². The van der Waals surface area contributed by atoms with Crippen molar-refractivity contribution < 1.29 is 9.53 Å². The molecule has 0 bridgehead atoms. The maximum Gasteiger partial charge on any atom is 0.267 e. The molecule has 0 radical (unpaired) electrons. The summed E-state index contributed by atoms with van der Waals surface area (Å²) in [6.45, 7) is 5.14. The van der Waals surface area contributed by atoms with Crippen molar-refractivity contribution >= 4 is 51.7 Å². The fraction of sp³-hybridized carbons (Fsp3) is 0.400. The molecule has 2 aliphatic rings. The molecule has 0 aromatic carbocycles. The van der Waals surface area contributed by atoms with E-state index in [9.17, 15) is 9.59 Å². The van der Waals surface area contributed by atoms with Gasteiger partial charge in [0.2, 0.25) is 0 Å². The third kappa shape index (κ3) is 3.94. The number of fused-ring (bicyclic) bond motifs is 1. The number of nitrogens with zero attached hydrogens (tertiary/aromatic N) is 3. The largest absolute Gasteiger partial charge is 0.376 e. The Hall–Kier alpha value is -2.23. The van der Waals surface area contributed by atoms with Gasteiger partial charge in [-0.3, -0.25) is 18.9 Å². The van der Waals surface area contributed by atoms with Crippen LogP contribution in [0.3, 0.4) is 0 Å². The Morgan fingerprint density at radius 2 is 2.24 bits per heavy atom. The van der Waals surface area contributed by atoms with Crippen LogP contribution in [0.15, 0.2) is 34.1 Å². The molecule has 29 heavy (non-hydrogen) atoms. The van der Waals surface area contributed by atoms with Crippen LogP contribution >= 0.6 is 24.0 Å². The van der Waals surface area contributed by atoms with Crippen molar-refractivity contribution in [2.75, 3.05) is 18.5 Å². The summed E-state index contributed by atoms with van der Waals surface area (Å²) in [6, 6.07) is 5.35. The number of thioether (sulfide) groups is 1. The molecule has 2 fully saturated rings. The summed E-state index contributed by atoms with van der Waals surface area (Å²) < 4.78 is 7.64. The molecule has 2 aliphatic heterocycles. The molecule has 2 aromatic rings. The van der Waals surface area contributed by atoms with E-state index in [1.165, 1.54) is 16.2 Å². The summed E-state index contributed by atoms with van der Waals surface area (Å²) in [7, 11) is 0. The lowest BCUT2D eigenvalue weighted by atomic mass is 10.2. The minimum Gasteiger partial charge on any atom is -0.376 e. The molecule has 0 unspecified atom stereocenters. The number of carbonyl (C=O) groups is 1. The van der Waals surface area contributed by atoms with Gasteiger partial charge < -0.3 is 10.1 Å². The highest BCUT2D eigenvalue weighted by atomic mass is 32.2. The van der Waals surface area contributed by atoms with Crippen molar-refractivity contribution in [1.29, 1.82) is 0 Å². The molecular formula is C20H22N4O3S2. The van der Waals surface area contributed by atoms with Gasteiger partial charge in [-0.15, -0.1) is 0 Å². The lowest BCUT2D eigenvalue weighted by Crippen LogP contribution is -2.34. The van der Waals surface area contributed by atoms with Crippen LogP contribution in [0.1, 0.15) is 32.3 Å². The van der Waals surface area contributed by atoms with Crippen LogP contribution in [0.2, 0.25) is 0 Å². The predicted molar refractivity (Wildman–Crippen MR) is 119 cm³/mol. The lowest BCUT2D eigenvalue weighted by molar-refractivity contribution is -0.123. The zero-order chi connectivity index (χ0) is 20.5. The smallest absolute Gasteiger partial charge is 0.267 e. The number of hydrogen-bond acceptors (Lipinski definition) is 7. The first kappa shape index (κ1) is 20.1. The van der Waals surface area contributed by atoms with Crippen LogP contribution in [0.5, 0.6) is 0 Å². The van der Waals surface area contributed by atoms with Gasteiger partial charge in [0.1, 0.15) is 15.8 Å². The highest BCUT2D eigenvalue weighted by Gasteiger charge is 2.34. The van der Waals surface area contributed by atoms with E-state index >= 15 is 0 Å².